The molecule has 3 aromatic rings. The van der Waals surface area contributed by atoms with E-state index in [0.717, 1.165) is 5.56 Å². The molecular formula is C26H22ClNO7. The first-order valence-electron chi connectivity index (χ1n) is 10.9. The summed E-state index contributed by atoms with van der Waals surface area (Å²) in [5, 5.41) is 19.2. The number of ether oxygens (including phenoxy) is 2. The number of carboxylic acid groups (broad SMARTS) is 2. The maximum absolute atomic E-state index is 13.3. The third kappa shape index (κ3) is 5.38. The van der Waals surface area contributed by atoms with Crippen LogP contribution in [-0.4, -0.2) is 34.7 Å². The molecule has 4 rings (SSSR count). The lowest BCUT2D eigenvalue weighted by atomic mass is 10.1. The SMILES string of the molecule is O=C(O)CCCOc1cccc2c1CN(c1c(OCc3ccc(Cl)cc3)cccc1C(=O)O)C2=O. The van der Waals surface area contributed by atoms with E-state index in [1.165, 1.54) is 11.0 Å². The molecule has 180 valence electrons. The summed E-state index contributed by atoms with van der Waals surface area (Å²) in [5.74, 6) is -1.76. The van der Waals surface area contributed by atoms with E-state index in [0.29, 0.717) is 28.3 Å². The Kier molecular flexibility index (Phi) is 7.22. The van der Waals surface area contributed by atoms with Gasteiger partial charge in [-0.1, -0.05) is 35.9 Å². The first-order valence-corrected chi connectivity index (χ1v) is 11.2. The van der Waals surface area contributed by atoms with Crippen LogP contribution in [-0.2, 0) is 17.9 Å². The van der Waals surface area contributed by atoms with E-state index in [1.807, 2.05) is 0 Å². The van der Waals surface area contributed by atoms with E-state index < -0.39 is 11.9 Å². The zero-order valence-electron chi connectivity index (χ0n) is 18.6. The Morgan fingerprint density at radius 3 is 2.37 bits per heavy atom. The van der Waals surface area contributed by atoms with Gasteiger partial charge in [0.2, 0.25) is 0 Å². The molecule has 0 bridgehead atoms. The topological polar surface area (TPSA) is 113 Å². The van der Waals surface area contributed by atoms with Crippen LogP contribution in [0, 0.1) is 0 Å². The third-order valence-electron chi connectivity index (χ3n) is 5.52. The number of amides is 1. The molecule has 0 unspecified atom stereocenters. The summed E-state index contributed by atoms with van der Waals surface area (Å²) in [7, 11) is 0. The summed E-state index contributed by atoms with van der Waals surface area (Å²) in [6.45, 7) is 0.420. The highest BCUT2D eigenvalue weighted by molar-refractivity contribution is 6.30. The smallest absolute Gasteiger partial charge is 0.337 e. The average molecular weight is 496 g/mol. The van der Waals surface area contributed by atoms with Crippen molar-refractivity contribution in [3.05, 3.63) is 87.9 Å². The molecule has 0 aromatic heterocycles. The van der Waals surface area contributed by atoms with E-state index in [1.54, 1.807) is 54.6 Å². The monoisotopic (exact) mass is 495 g/mol. The van der Waals surface area contributed by atoms with Crippen molar-refractivity contribution in [2.24, 2.45) is 0 Å². The molecule has 1 heterocycles. The van der Waals surface area contributed by atoms with Gasteiger partial charge in [0.05, 0.1) is 18.7 Å². The van der Waals surface area contributed by atoms with Gasteiger partial charge in [-0.05, 0) is 48.4 Å². The standard InChI is InChI=1S/C26H22ClNO7/c27-17-11-9-16(10-12-17)15-35-22-7-2-5-19(26(32)33)24(22)28-14-20-18(25(28)31)4-1-6-21(20)34-13-3-8-23(29)30/h1-2,4-7,9-12H,3,8,13-15H2,(H,29,30)(H,32,33). The summed E-state index contributed by atoms with van der Waals surface area (Å²) < 4.78 is 11.7. The summed E-state index contributed by atoms with van der Waals surface area (Å²) in [4.78, 5) is 37.5. The number of rotatable bonds is 10. The molecule has 1 aliphatic heterocycles. The molecule has 0 saturated heterocycles. The van der Waals surface area contributed by atoms with Crippen LogP contribution in [0.5, 0.6) is 11.5 Å². The second kappa shape index (κ2) is 10.5. The van der Waals surface area contributed by atoms with Gasteiger partial charge in [-0.15, -0.1) is 0 Å². The number of fused-ring (bicyclic) bond motifs is 1. The molecule has 0 saturated carbocycles. The number of aliphatic carboxylic acids is 1. The summed E-state index contributed by atoms with van der Waals surface area (Å²) in [6.07, 6.45) is 0.293. The molecule has 0 radical (unpaired) electrons. The Morgan fingerprint density at radius 1 is 0.943 bits per heavy atom. The minimum atomic E-state index is -1.19. The Hall–Kier alpha value is -4.04. The van der Waals surface area contributed by atoms with Gasteiger partial charge >= 0.3 is 11.9 Å². The van der Waals surface area contributed by atoms with E-state index in [9.17, 15) is 19.5 Å². The minimum absolute atomic E-state index is 0.0274. The Bertz CT molecular complexity index is 1270. The van der Waals surface area contributed by atoms with Gasteiger partial charge in [0.15, 0.2) is 0 Å². The Labute approximate surface area is 206 Å². The number of halogens is 1. The lowest BCUT2D eigenvalue weighted by Gasteiger charge is -2.22. The van der Waals surface area contributed by atoms with Gasteiger partial charge in [-0.25, -0.2) is 4.79 Å². The maximum atomic E-state index is 13.3. The Balaban J connectivity index is 1.62. The fourth-order valence-electron chi connectivity index (χ4n) is 3.86. The second-order valence-corrected chi connectivity index (χ2v) is 8.33. The molecule has 1 amide bonds. The largest absolute Gasteiger partial charge is 0.493 e. The fourth-order valence-corrected chi connectivity index (χ4v) is 3.98. The number of aromatic carboxylic acids is 1. The van der Waals surface area contributed by atoms with Crippen LogP contribution in [0.1, 0.15) is 44.7 Å². The molecule has 35 heavy (non-hydrogen) atoms. The number of nitrogens with zero attached hydrogens (tertiary/aromatic N) is 1. The number of carboxylic acids is 2. The van der Waals surface area contributed by atoms with Gasteiger partial charge in [0.1, 0.15) is 23.8 Å². The van der Waals surface area contributed by atoms with Crippen LogP contribution in [0.15, 0.2) is 60.7 Å². The van der Waals surface area contributed by atoms with Crippen molar-refractivity contribution in [3.8, 4) is 11.5 Å². The van der Waals surface area contributed by atoms with Crippen molar-refractivity contribution in [2.45, 2.75) is 26.0 Å². The number of anilines is 1. The highest BCUT2D eigenvalue weighted by atomic mass is 35.5. The average Bonchev–Trinajstić information content (AvgIpc) is 3.18. The van der Waals surface area contributed by atoms with Gasteiger partial charge in [0, 0.05) is 22.6 Å². The molecule has 9 heteroatoms. The van der Waals surface area contributed by atoms with Crippen LogP contribution in [0.4, 0.5) is 5.69 Å². The van der Waals surface area contributed by atoms with Crippen molar-refractivity contribution in [1.29, 1.82) is 0 Å². The van der Waals surface area contributed by atoms with Gasteiger partial charge < -0.3 is 19.7 Å². The van der Waals surface area contributed by atoms with Crippen molar-refractivity contribution in [3.63, 3.8) is 0 Å². The first-order chi connectivity index (χ1) is 16.8. The second-order valence-electron chi connectivity index (χ2n) is 7.89. The molecule has 1 aliphatic rings. The van der Waals surface area contributed by atoms with E-state index in [4.69, 9.17) is 26.2 Å². The quantitative estimate of drug-likeness (QED) is 0.379. The van der Waals surface area contributed by atoms with Crippen molar-refractivity contribution in [2.75, 3.05) is 11.5 Å². The molecule has 0 atom stereocenters. The number of para-hydroxylation sites is 1. The van der Waals surface area contributed by atoms with E-state index in [2.05, 4.69) is 0 Å². The number of benzene rings is 3. The van der Waals surface area contributed by atoms with Gasteiger partial charge in [0.25, 0.3) is 5.91 Å². The summed E-state index contributed by atoms with van der Waals surface area (Å²) >= 11 is 5.94. The number of hydrogen-bond acceptors (Lipinski definition) is 5. The van der Waals surface area contributed by atoms with Gasteiger partial charge in [-0.3, -0.25) is 14.5 Å². The van der Waals surface area contributed by atoms with E-state index in [-0.39, 0.29) is 49.1 Å². The first kappa shape index (κ1) is 24.1. The predicted molar refractivity (Wildman–Crippen MR) is 129 cm³/mol. The lowest BCUT2D eigenvalue weighted by Crippen LogP contribution is -2.26. The summed E-state index contributed by atoms with van der Waals surface area (Å²) in [6, 6.07) is 16.7. The van der Waals surface area contributed by atoms with Crippen molar-refractivity contribution >= 4 is 35.1 Å². The zero-order valence-corrected chi connectivity index (χ0v) is 19.3. The molecule has 3 aromatic carbocycles. The predicted octanol–water partition coefficient (Wildman–Crippen LogP) is 5.02. The van der Waals surface area contributed by atoms with Crippen LogP contribution in [0.2, 0.25) is 5.02 Å². The normalized spacial score (nSPS) is 12.4. The Morgan fingerprint density at radius 2 is 1.66 bits per heavy atom. The molecule has 0 aliphatic carbocycles. The van der Waals surface area contributed by atoms with Crippen LogP contribution in [0.25, 0.3) is 0 Å². The highest BCUT2D eigenvalue weighted by Crippen LogP contribution is 2.40. The maximum Gasteiger partial charge on any atom is 0.337 e. The van der Waals surface area contributed by atoms with Crippen molar-refractivity contribution < 1.29 is 34.1 Å². The van der Waals surface area contributed by atoms with Crippen LogP contribution in [0.3, 0.4) is 0 Å². The highest BCUT2D eigenvalue weighted by Gasteiger charge is 2.35. The fraction of sp³-hybridized carbons (Fsp3) is 0.192. The lowest BCUT2D eigenvalue weighted by molar-refractivity contribution is -0.137. The molecule has 0 fully saturated rings. The summed E-state index contributed by atoms with van der Waals surface area (Å²) in [5.41, 5.74) is 1.92. The number of carbonyl (C=O) groups excluding carboxylic acids is 1. The van der Waals surface area contributed by atoms with Crippen molar-refractivity contribution in [1.82, 2.24) is 0 Å². The molecule has 0 spiro atoms. The van der Waals surface area contributed by atoms with Crippen LogP contribution < -0.4 is 14.4 Å². The minimum Gasteiger partial charge on any atom is -0.493 e. The molecule has 2 N–H and O–H groups in total. The van der Waals surface area contributed by atoms with Gasteiger partial charge in [-0.2, -0.15) is 0 Å². The third-order valence-corrected chi connectivity index (χ3v) is 5.78. The van der Waals surface area contributed by atoms with E-state index >= 15 is 0 Å². The molecular weight excluding hydrogens is 474 g/mol. The zero-order chi connectivity index (χ0) is 24.9. The molecule has 8 nitrogen and oxygen atoms in total. The van der Waals surface area contributed by atoms with Crippen LogP contribution >= 0.6 is 11.6 Å². The number of carbonyl (C=O) groups is 3. The number of hydrogen-bond donors (Lipinski definition) is 2.